The highest BCUT2D eigenvalue weighted by atomic mass is 16.6. The van der Waals surface area contributed by atoms with Crippen molar-refractivity contribution in [2.24, 2.45) is 0 Å². The second-order valence-corrected chi connectivity index (χ2v) is 8.07. The van der Waals surface area contributed by atoms with E-state index in [0.29, 0.717) is 11.5 Å². The molecular weight excluding hydrogens is 358 g/mol. The molecule has 0 N–H and O–H groups in total. The first-order valence-electron chi connectivity index (χ1n) is 9.81. The van der Waals surface area contributed by atoms with Crippen LogP contribution in [0.4, 0.5) is 0 Å². The molecule has 0 saturated heterocycles. The van der Waals surface area contributed by atoms with Crippen LogP contribution < -0.4 is 9.47 Å². The van der Waals surface area contributed by atoms with Gasteiger partial charge >= 0.3 is 0 Å². The number of nitrogens with zero attached hydrogens (tertiary/aromatic N) is 1. The Hall–Kier alpha value is -3.59. The maximum absolute atomic E-state index is 6.41. The SMILES string of the molecule is CC1(C)c2ccccc2-c2cc3c(cc21)Oc1cccc(-c2ccccn2)c1O3. The molecule has 3 aromatic carbocycles. The third-order valence-corrected chi connectivity index (χ3v) is 6.00. The Morgan fingerprint density at radius 3 is 2.31 bits per heavy atom. The van der Waals surface area contributed by atoms with Crippen molar-refractivity contribution in [3.8, 4) is 45.4 Å². The van der Waals surface area contributed by atoms with Crippen LogP contribution in [0.3, 0.4) is 0 Å². The van der Waals surface area contributed by atoms with Gasteiger partial charge in [-0.1, -0.05) is 50.2 Å². The first-order valence-corrected chi connectivity index (χ1v) is 9.81. The maximum atomic E-state index is 6.41. The van der Waals surface area contributed by atoms with Crippen molar-refractivity contribution in [2.75, 3.05) is 0 Å². The average molecular weight is 377 g/mol. The molecule has 6 rings (SSSR count). The van der Waals surface area contributed by atoms with Gasteiger partial charge in [0.25, 0.3) is 0 Å². The van der Waals surface area contributed by atoms with Gasteiger partial charge in [-0.25, -0.2) is 0 Å². The summed E-state index contributed by atoms with van der Waals surface area (Å²) in [6.45, 7) is 4.53. The van der Waals surface area contributed by atoms with E-state index in [4.69, 9.17) is 9.47 Å². The van der Waals surface area contributed by atoms with Crippen LogP contribution in [0.1, 0.15) is 25.0 Å². The molecule has 3 heteroatoms. The molecule has 0 unspecified atom stereocenters. The number of benzene rings is 3. The van der Waals surface area contributed by atoms with Crippen LogP contribution in [0.5, 0.6) is 23.0 Å². The number of hydrogen-bond acceptors (Lipinski definition) is 3. The fourth-order valence-electron chi connectivity index (χ4n) is 4.52. The first-order chi connectivity index (χ1) is 14.1. The lowest BCUT2D eigenvalue weighted by molar-refractivity contribution is 0.360. The zero-order valence-electron chi connectivity index (χ0n) is 16.3. The van der Waals surface area contributed by atoms with Crippen LogP contribution in [0.25, 0.3) is 22.4 Å². The normalized spacial score (nSPS) is 14.7. The fraction of sp³-hybridized carbons (Fsp3) is 0.115. The summed E-state index contributed by atoms with van der Waals surface area (Å²) >= 11 is 0. The van der Waals surface area contributed by atoms with Crippen LogP contribution in [-0.4, -0.2) is 4.98 Å². The maximum Gasteiger partial charge on any atom is 0.179 e. The summed E-state index contributed by atoms with van der Waals surface area (Å²) in [5, 5.41) is 0. The second-order valence-electron chi connectivity index (χ2n) is 8.07. The van der Waals surface area contributed by atoms with E-state index in [1.807, 2.05) is 36.4 Å². The summed E-state index contributed by atoms with van der Waals surface area (Å²) in [6, 6.07) is 24.7. The van der Waals surface area contributed by atoms with Crippen molar-refractivity contribution in [2.45, 2.75) is 19.3 Å². The molecular formula is C26H19NO2. The number of fused-ring (bicyclic) bond motifs is 5. The Balaban J connectivity index is 1.52. The van der Waals surface area contributed by atoms with Crippen LogP contribution in [0.2, 0.25) is 0 Å². The standard InChI is InChI=1S/C26H19NO2/c1-26(2)19-10-4-3-8-16(19)18-14-23-24(15-20(18)26)28-22-12-7-9-17(25(22)29-23)21-11-5-6-13-27-21/h3-15H,1-2H3. The quantitative estimate of drug-likeness (QED) is 0.317. The summed E-state index contributed by atoms with van der Waals surface area (Å²) in [5.74, 6) is 2.93. The Labute approximate surface area is 169 Å². The van der Waals surface area contributed by atoms with E-state index in [9.17, 15) is 0 Å². The lowest BCUT2D eigenvalue weighted by Gasteiger charge is -2.26. The molecule has 4 aromatic rings. The number of aromatic nitrogens is 1. The molecule has 0 spiro atoms. The molecule has 0 amide bonds. The third kappa shape index (κ3) is 2.27. The van der Waals surface area contributed by atoms with Gasteiger partial charge in [0.15, 0.2) is 23.0 Å². The molecule has 140 valence electrons. The number of ether oxygens (including phenoxy) is 2. The summed E-state index contributed by atoms with van der Waals surface area (Å²) in [5.41, 5.74) is 6.81. The van der Waals surface area contributed by atoms with E-state index in [2.05, 4.69) is 55.2 Å². The van der Waals surface area contributed by atoms with E-state index >= 15 is 0 Å². The summed E-state index contributed by atoms with van der Waals surface area (Å²) < 4.78 is 12.7. The van der Waals surface area contributed by atoms with E-state index in [1.165, 1.54) is 22.3 Å². The largest absolute Gasteiger partial charge is 0.449 e. The predicted octanol–water partition coefficient (Wildman–Crippen LogP) is 6.95. The van der Waals surface area contributed by atoms with Crippen molar-refractivity contribution in [3.05, 3.63) is 90.1 Å². The Bertz CT molecular complexity index is 1280. The van der Waals surface area contributed by atoms with Gasteiger partial charge in [0.05, 0.1) is 5.69 Å². The molecule has 2 aliphatic rings. The van der Waals surface area contributed by atoms with Gasteiger partial charge in [-0.05, 0) is 58.7 Å². The highest BCUT2D eigenvalue weighted by Crippen LogP contribution is 2.56. The lowest BCUT2D eigenvalue weighted by Crippen LogP contribution is -2.15. The van der Waals surface area contributed by atoms with Crippen molar-refractivity contribution in [1.82, 2.24) is 4.98 Å². The van der Waals surface area contributed by atoms with Gasteiger partial charge in [-0.15, -0.1) is 0 Å². The molecule has 2 heterocycles. The first kappa shape index (κ1) is 16.4. The molecule has 0 fully saturated rings. The van der Waals surface area contributed by atoms with E-state index in [0.717, 1.165) is 22.8 Å². The molecule has 3 nitrogen and oxygen atoms in total. The van der Waals surface area contributed by atoms with Crippen LogP contribution in [-0.2, 0) is 5.41 Å². The number of para-hydroxylation sites is 1. The summed E-state index contributed by atoms with van der Waals surface area (Å²) in [7, 11) is 0. The molecule has 1 aromatic heterocycles. The van der Waals surface area contributed by atoms with Gasteiger partial charge in [-0.2, -0.15) is 0 Å². The Morgan fingerprint density at radius 2 is 1.45 bits per heavy atom. The summed E-state index contributed by atoms with van der Waals surface area (Å²) in [6.07, 6.45) is 1.79. The highest BCUT2D eigenvalue weighted by Gasteiger charge is 2.37. The molecule has 0 atom stereocenters. The predicted molar refractivity (Wildman–Crippen MR) is 114 cm³/mol. The van der Waals surface area contributed by atoms with Crippen LogP contribution >= 0.6 is 0 Å². The lowest BCUT2D eigenvalue weighted by atomic mass is 9.82. The number of hydrogen-bond donors (Lipinski definition) is 0. The molecule has 0 radical (unpaired) electrons. The van der Waals surface area contributed by atoms with Gasteiger partial charge < -0.3 is 9.47 Å². The fourth-order valence-corrected chi connectivity index (χ4v) is 4.52. The minimum atomic E-state index is -0.0690. The average Bonchev–Trinajstić information content (AvgIpc) is 2.98. The second kappa shape index (κ2) is 5.71. The van der Waals surface area contributed by atoms with E-state index < -0.39 is 0 Å². The molecule has 1 aliphatic carbocycles. The highest BCUT2D eigenvalue weighted by molar-refractivity contribution is 5.84. The molecule has 0 saturated carbocycles. The monoisotopic (exact) mass is 377 g/mol. The zero-order chi connectivity index (χ0) is 19.6. The van der Waals surface area contributed by atoms with Crippen molar-refractivity contribution in [1.29, 1.82) is 0 Å². The third-order valence-electron chi connectivity index (χ3n) is 6.00. The van der Waals surface area contributed by atoms with Crippen molar-refractivity contribution >= 4 is 0 Å². The summed E-state index contributed by atoms with van der Waals surface area (Å²) in [4.78, 5) is 4.48. The van der Waals surface area contributed by atoms with Crippen LogP contribution in [0.15, 0.2) is 79.0 Å². The minimum Gasteiger partial charge on any atom is -0.449 e. The smallest absolute Gasteiger partial charge is 0.179 e. The van der Waals surface area contributed by atoms with Gasteiger partial charge in [-0.3, -0.25) is 4.98 Å². The Kier molecular flexibility index (Phi) is 3.22. The zero-order valence-corrected chi connectivity index (χ0v) is 16.3. The van der Waals surface area contributed by atoms with Crippen molar-refractivity contribution < 1.29 is 9.47 Å². The van der Waals surface area contributed by atoms with E-state index in [-0.39, 0.29) is 5.41 Å². The Morgan fingerprint density at radius 1 is 0.655 bits per heavy atom. The molecule has 1 aliphatic heterocycles. The van der Waals surface area contributed by atoms with E-state index in [1.54, 1.807) is 6.20 Å². The minimum absolute atomic E-state index is 0.0690. The molecule has 0 bridgehead atoms. The number of rotatable bonds is 1. The number of pyridine rings is 1. The van der Waals surface area contributed by atoms with Gasteiger partial charge in [0, 0.05) is 17.2 Å². The van der Waals surface area contributed by atoms with Crippen LogP contribution in [0, 0.1) is 0 Å². The van der Waals surface area contributed by atoms with Gasteiger partial charge in [0.1, 0.15) is 0 Å². The van der Waals surface area contributed by atoms with Crippen molar-refractivity contribution in [3.63, 3.8) is 0 Å². The topological polar surface area (TPSA) is 31.4 Å². The molecule has 29 heavy (non-hydrogen) atoms. The van der Waals surface area contributed by atoms with Gasteiger partial charge in [0.2, 0.25) is 0 Å².